The van der Waals surface area contributed by atoms with E-state index in [0.29, 0.717) is 11.6 Å². The Bertz CT molecular complexity index is 605. The third kappa shape index (κ3) is 5.06. The minimum absolute atomic E-state index is 0.0433. The van der Waals surface area contributed by atoms with Gasteiger partial charge in [-0.05, 0) is 36.6 Å². The van der Waals surface area contributed by atoms with Gasteiger partial charge in [0.2, 0.25) is 5.91 Å². The molecule has 1 saturated heterocycles. The molecule has 1 aliphatic carbocycles. The van der Waals surface area contributed by atoms with E-state index in [-0.39, 0.29) is 11.4 Å². The van der Waals surface area contributed by atoms with Crippen molar-refractivity contribution in [3.8, 4) is 0 Å². The van der Waals surface area contributed by atoms with E-state index >= 15 is 0 Å². The van der Waals surface area contributed by atoms with Crippen molar-refractivity contribution in [1.82, 2.24) is 10.2 Å². The molecule has 1 aromatic carbocycles. The van der Waals surface area contributed by atoms with Crippen LogP contribution in [0.4, 0.5) is 0 Å². The van der Waals surface area contributed by atoms with Gasteiger partial charge in [-0.25, -0.2) is 0 Å². The van der Waals surface area contributed by atoms with Crippen molar-refractivity contribution < 1.29 is 9.53 Å². The van der Waals surface area contributed by atoms with Gasteiger partial charge in [0.25, 0.3) is 0 Å². The van der Waals surface area contributed by atoms with Gasteiger partial charge < -0.3 is 10.1 Å². The number of hydrogen-bond acceptors (Lipinski definition) is 3. The Morgan fingerprint density at radius 3 is 2.72 bits per heavy atom. The van der Waals surface area contributed by atoms with Gasteiger partial charge in [0.1, 0.15) is 0 Å². The van der Waals surface area contributed by atoms with Crippen LogP contribution in [0.2, 0.25) is 5.02 Å². The minimum atomic E-state index is -0.0433. The van der Waals surface area contributed by atoms with Crippen molar-refractivity contribution in [2.45, 2.75) is 37.6 Å². The Hall–Kier alpha value is -1.36. The summed E-state index contributed by atoms with van der Waals surface area (Å²) in [6, 6.07) is 7.50. The number of morpholine rings is 1. The fourth-order valence-electron chi connectivity index (χ4n) is 3.95. The van der Waals surface area contributed by atoms with Gasteiger partial charge in [-0.2, -0.15) is 0 Å². The van der Waals surface area contributed by atoms with E-state index in [9.17, 15) is 4.79 Å². The summed E-state index contributed by atoms with van der Waals surface area (Å²) in [4.78, 5) is 14.8. The number of carbonyl (C=O) groups is 1. The number of amides is 1. The van der Waals surface area contributed by atoms with Crippen molar-refractivity contribution in [2.75, 3.05) is 32.8 Å². The van der Waals surface area contributed by atoms with Crippen molar-refractivity contribution in [3.63, 3.8) is 0 Å². The summed E-state index contributed by atoms with van der Waals surface area (Å²) in [5.41, 5.74) is 1.03. The quantitative estimate of drug-likeness (QED) is 0.815. The van der Waals surface area contributed by atoms with Crippen LogP contribution in [0.1, 0.15) is 37.7 Å². The third-order valence-electron chi connectivity index (χ3n) is 5.33. The van der Waals surface area contributed by atoms with E-state index in [2.05, 4.69) is 10.2 Å². The van der Waals surface area contributed by atoms with Gasteiger partial charge in [-0.15, -0.1) is 0 Å². The molecule has 1 heterocycles. The van der Waals surface area contributed by atoms with Gasteiger partial charge >= 0.3 is 0 Å². The maximum Gasteiger partial charge on any atom is 0.244 e. The van der Waals surface area contributed by atoms with Gasteiger partial charge in [0.05, 0.1) is 13.2 Å². The summed E-state index contributed by atoms with van der Waals surface area (Å²) >= 11 is 5.98. The highest BCUT2D eigenvalue weighted by Gasteiger charge is 2.38. The lowest BCUT2D eigenvalue weighted by Gasteiger charge is -2.48. The molecule has 1 N–H and O–H groups in total. The Labute approximate surface area is 155 Å². The van der Waals surface area contributed by atoms with Crippen molar-refractivity contribution in [2.24, 2.45) is 0 Å². The highest BCUT2D eigenvalue weighted by Crippen LogP contribution is 2.33. The molecule has 136 valence electrons. The minimum Gasteiger partial charge on any atom is -0.379 e. The molecule has 2 aliphatic rings. The predicted molar refractivity (Wildman–Crippen MR) is 102 cm³/mol. The molecule has 25 heavy (non-hydrogen) atoms. The Kier molecular flexibility index (Phi) is 6.51. The summed E-state index contributed by atoms with van der Waals surface area (Å²) in [6.07, 6.45) is 9.51. The van der Waals surface area contributed by atoms with Crippen molar-refractivity contribution in [1.29, 1.82) is 0 Å². The van der Waals surface area contributed by atoms with E-state index in [1.807, 2.05) is 30.3 Å². The van der Waals surface area contributed by atoms with Gasteiger partial charge in [0.15, 0.2) is 0 Å². The zero-order valence-corrected chi connectivity index (χ0v) is 15.4. The number of carbonyl (C=O) groups excluding carboxylic acids is 1. The second kappa shape index (κ2) is 8.84. The fraction of sp³-hybridized carbons (Fsp3) is 0.550. The molecule has 0 aromatic heterocycles. The number of nitrogens with one attached hydrogen (secondary N) is 1. The molecule has 2 fully saturated rings. The van der Waals surface area contributed by atoms with Crippen LogP contribution < -0.4 is 5.32 Å². The number of benzene rings is 1. The summed E-state index contributed by atoms with van der Waals surface area (Å²) in [5.74, 6) is -0.0433. The van der Waals surface area contributed by atoms with E-state index in [0.717, 1.165) is 44.7 Å². The van der Waals surface area contributed by atoms with Gasteiger partial charge in [-0.1, -0.05) is 43.0 Å². The highest BCUT2D eigenvalue weighted by molar-refractivity contribution is 6.30. The van der Waals surface area contributed by atoms with E-state index < -0.39 is 0 Å². The SMILES string of the molecule is O=C(C=Cc1cccc(Cl)c1)NCC1(N2CCOCC2)CCCCC1. The second-order valence-corrected chi connectivity index (χ2v) is 7.43. The Morgan fingerprint density at radius 1 is 1.24 bits per heavy atom. The first-order chi connectivity index (χ1) is 12.2. The summed E-state index contributed by atoms with van der Waals surface area (Å²) in [5, 5.41) is 3.81. The average Bonchev–Trinajstić information content (AvgIpc) is 2.66. The van der Waals surface area contributed by atoms with Crippen molar-refractivity contribution in [3.05, 3.63) is 40.9 Å². The van der Waals surface area contributed by atoms with Crippen LogP contribution in [0.25, 0.3) is 6.08 Å². The topological polar surface area (TPSA) is 41.6 Å². The van der Waals surface area contributed by atoms with E-state index in [1.165, 1.54) is 19.3 Å². The molecule has 0 radical (unpaired) electrons. The number of nitrogens with zero attached hydrogens (tertiary/aromatic N) is 1. The maximum absolute atomic E-state index is 12.3. The molecule has 0 atom stereocenters. The zero-order valence-electron chi connectivity index (χ0n) is 14.7. The first-order valence-electron chi connectivity index (χ1n) is 9.22. The summed E-state index contributed by atoms with van der Waals surface area (Å²) in [6.45, 7) is 4.24. The monoisotopic (exact) mass is 362 g/mol. The van der Waals surface area contributed by atoms with Gasteiger partial charge in [-0.3, -0.25) is 9.69 Å². The first kappa shape index (κ1) is 18.4. The summed E-state index contributed by atoms with van der Waals surface area (Å²) in [7, 11) is 0. The molecule has 0 spiro atoms. The number of rotatable bonds is 5. The molecule has 1 aromatic rings. The number of ether oxygens (including phenoxy) is 1. The van der Waals surface area contributed by atoms with E-state index in [1.54, 1.807) is 6.08 Å². The average molecular weight is 363 g/mol. The fourth-order valence-corrected chi connectivity index (χ4v) is 4.14. The molecule has 1 amide bonds. The van der Waals surface area contributed by atoms with Crippen LogP contribution >= 0.6 is 11.6 Å². The van der Waals surface area contributed by atoms with Crippen LogP contribution in [0.5, 0.6) is 0 Å². The zero-order chi connectivity index (χ0) is 17.5. The van der Waals surface area contributed by atoms with Gasteiger partial charge in [0, 0.05) is 36.3 Å². The lowest BCUT2D eigenvalue weighted by atomic mass is 9.79. The third-order valence-corrected chi connectivity index (χ3v) is 5.57. The van der Waals surface area contributed by atoms with Crippen LogP contribution in [-0.2, 0) is 9.53 Å². The molecular formula is C20H27ClN2O2. The number of halogens is 1. The molecule has 1 aliphatic heterocycles. The first-order valence-corrected chi connectivity index (χ1v) is 9.60. The normalized spacial score (nSPS) is 21.3. The number of hydrogen-bond donors (Lipinski definition) is 1. The second-order valence-electron chi connectivity index (χ2n) is 6.99. The van der Waals surface area contributed by atoms with Crippen LogP contribution in [0, 0.1) is 0 Å². The predicted octanol–water partition coefficient (Wildman–Crippen LogP) is 3.50. The standard InChI is InChI=1S/C20H27ClN2O2/c21-18-6-4-5-17(15-18)7-8-19(24)22-16-20(9-2-1-3-10-20)23-11-13-25-14-12-23/h4-8,15H,1-3,9-14,16H2,(H,22,24). The molecule has 4 nitrogen and oxygen atoms in total. The Morgan fingerprint density at radius 2 is 2.00 bits per heavy atom. The molecule has 3 rings (SSSR count). The van der Waals surface area contributed by atoms with Crippen LogP contribution in [0.15, 0.2) is 30.3 Å². The largest absolute Gasteiger partial charge is 0.379 e. The van der Waals surface area contributed by atoms with E-state index in [4.69, 9.17) is 16.3 Å². The Balaban J connectivity index is 1.59. The molecule has 1 saturated carbocycles. The molecular weight excluding hydrogens is 336 g/mol. The summed E-state index contributed by atoms with van der Waals surface area (Å²) < 4.78 is 5.51. The van der Waals surface area contributed by atoms with Crippen molar-refractivity contribution >= 4 is 23.6 Å². The lowest BCUT2D eigenvalue weighted by molar-refractivity contribution is -0.117. The van der Waals surface area contributed by atoms with Crippen LogP contribution in [0.3, 0.4) is 0 Å². The molecule has 5 heteroatoms. The molecule has 0 bridgehead atoms. The van der Waals surface area contributed by atoms with Crippen LogP contribution in [-0.4, -0.2) is 49.2 Å². The maximum atomic E-state index is 12.3. The smallest absolute Gasteiger partial charge is 0.244 e. The molecule has 0 unspecified atom stereocenters. The lowest BCUT2D eigenvalue weighted by Crippen LogP contribution is -2.59. The highest BCUT2D eigenvalue weighted by atomic mass is 35.5.